The number of amides is 1. The molecule has 1 atom stereocenters. The van der Waals surface area contributed by atoms with E-state index in [-0.39, 0.29) is 5.69 Å². The fraction of sp³-hybridized carbons (Fsp3) is 0.143. The number of aliphatic imine (C=N–C) groups is 1. The molecule has 6 rings (SSSR count). The zero-order valence-corrected chi connectivity index (χ0v) is 21.4. The van der Waals surface area contributed by atoms with E-state index in [1.165, 1.54) is 0 Å². The molecular weight excluding hydrogens is 494 g/mol. The van der Waals surface area contributed by atoms with Crippen LogP contribution in [0.15, 0.2) is 94.3 Å². The van der Waals surface area contributed by atoms with Gasteiger partial charge in [0.05, 0.1) is 16.8 Å². The van der Waals surface area contributed by atoms with E-state index in [1.54, 1.807) is 37.1 Å². The van der Waals surface area contributed by atoms with Crippen LogP contribution in [0, 0.1) is 11.8 Å². The van der Waals surface area contributed by atoms with Gasteiger partial charge < -0.3 is 11.5 Å². The zero-order valence-electron chi connectivity index (χ0n) is 21.4. The summed E-state index contributed by atoms with van der Waals surface area (Å²) in [5.41, 5.74) is 17.8. The maximum absolute atomic E-state index is 13.2. The highest BCUT2D eigenvalue weighted by Crippen LogP contribution is 2.21. The van der Waals surface area contributed by atoms with Gasteiger partial charge in [0.2, 0.25) is 0 Å². The molecule has 39 heavy (non-hydrogen) atoms. The summed E-state index contributed by atoms with van der Waals surface area (Å²) >= 11 is 0. The summed E-state index contributed by atoms with van der Waals surface area (Å²) in [5.74, 6) is 6.03. The highest BCUT2D eigenvalue weighted by atomic mass is 16.2. The van der Waals surface area contributed by atoms with Crippen molar-refractivity contribution in [1.29, 1.82) is 0 Å². The number of nitrogens with two attached hydrogens (primary N) is 2. The van der Waals surface area contributed by atoms with Crippen molar-refractivity contribution in [3.05, 3.63) is 112 Å². The molecule has 11 nitrogen and oxygen atoms in total. The highest BCUT2D eigenvalue weighted by Gasteiger charge is 2.31. The first-order valence-corrected chi connectivity index (χ1v) is 12.3. The number of hydrogen-bond acceptors (Lipinski definition) is 7. The number of aromatic nitrogens is 4. The van der Waals surface area contributed by atoms with Gasteiger partial charge in [-0.1, -0.05) is 25.1 Å². The summed E-state index contributed by atoms with van der Waals surface area (Å²) in [4.78, 5) is 28.2. The number of carbonyl (C=O) groups excluding carboxylic acids is 1. The fourth-order valence-corrected chi connectivity index (χ4v) is 4.35. The van der Waals surface area contributed by atoms with E-state index in [9.17, 15) is 9.59 Å². The molecular formula is C28H27N9O2. The van der Waals surface area contributed by atoms with Crippen molar-refractivity contribution in [3.63, 3.8) is 0 Å². The Kier molecular flexibility index (Phi) is 6.96. The van der Waals surface area contributed by atoms with E-state index in [0.717, 1.165) is 23.3 Å². The van der Waals surface area contributed by atoms with Crippen molar-refractivity contribution in [3.8, 4) is 17.5 Å². The maximum Gasteiger partial charge on any atom is 0.338 e. The van der Waals surface area contributed by atoms with Crippen molar-refractivity contribution in [1.82, 2.24) is 29.2 Å². The molecule has 2 aliphatic rings. The van der Waals surface area contributed by atoms with E-state index in [2.05, 4.69) is 34.3 Å². The monoisotopic (exact) mass is 521 g/mol. The van der Waals surface area contributed by atoms with Gasteiger partial charge >= 0.3 is 5.69 Å². The van der Waals surface area contributed by atoms with E-state index in [0.29, 0.717) is 22.8 Å². The lowest BCUT2D eigenvalue weighted by atomic mass is 10.2. The largest absolute Gasteiger partial charge is 0.366 e. The van der Waals surface area contributed by atoms with E-state index in [4.69, 9.17) is 11.5 Å². The predicted molar refractivity (Wildman–Crippen MR) is 148 cm³/mol. The van der Waals surface area contributed by atoms with Crippen LogP contribution in [0.2, 0.25) is 0 Å². The van der Waals surface area contributed by atoms with Gasteiger partial charge in [0.25, 0.3) is 5.91 Å². The number of nitrogens with one attached hydrogen (secondary N) is 1. The summed E-state index contributed by atoms with van der Waals surface area (Å²) in [6.07, 6.45) is 7.06. The number of hydrogen-bond donors (Lipinski definition) is 3. The van der Waals surface area contributed by atoms with Crippen molar-refractivity contribution in [2.24, 2.45) is 23.5 Å². The molecule has 0 saturated carbocycles. The average Bonchev–Trinajstić information content (AvgIpc) is 3.63. The third kappa shape index (κ3) is 5.02. The second kappa shape index (κ2) is 10.7. The Morgan fingerprint density at radius 1 is 1.13 bits per heavy atom. The van der Waals surface area contributed by atoms with Crippen LogP contribution < -0.4 is 22.6 Å². The van der Waals surface area contributed by atoms with Crippen molar-refractivity contribution >= 4 is 17.6 Å². The normalized spacial score (nSPS) is 15.6. The molecule has 1 aromatic carbocycles. The Morgan fingerprint density at radius 2 is 1.92 bits per heavy atom. The fourth-order valence-electron chi connectivity index (χ4n) is 4.35. The number of carbonyl (C=O) groups is 1. The van der Waals surface area contributed by atoms with Gasteiger partial charge in [-0.15, -0.1) is 0 Å². The van der Waals surface area contributed by atoms with Gasteiger partial charge in [-0.05, 0) is 60.7 Å². The maximum atomic E-state index is 13.2. The van der Waals surface area contributed by atoms with Gasteiger partial charge in [-0.3, -0.25) is 23.5 Å². The smallest absolute Gasteiger partial charge is 0.338 e. The number of nitrogens with zero attached hydrogens (tertiary/aromatic N) is 6. The number of hydrazine groups is 1. The summed E-state index contributed by atoms with van der Waals surface area (Å²) in [5, 5.41) is 5.83. The third-order valence-corrected chi connectivity index (χ3v) is 6.15. The average molecular weight is 522 g/mol. The summed E-state index contributed by atoms with van der Waals surface area (Å²) in [6, 6.07) is 17.4. The second-order valence-electron chi connectivity index (χ2n) is 8.74. The molecule has 5 N–H and O–H groups in total. The topological polar surface area (TPSA) is 141 Å². The van der Waals surface area contributed by atoms with Crippen LogP contribution in [-0.4, -0.2) is 42.0 Å². The van der Waals surface area contributed by atoms with Gasteiger partial charge in [-0.2, -0.15) is 5.10 Å². The molecule has 196 valence electrons. The standard InChI is InChI=1S/C21H18N4O.C7H9N5O/c1-3-17-15-20-12-11-19(10-9-16-13-14-23(2)22-16)25(20)21(26)24(17)18-7-5-4-6-8-18;8-5-4(6(9)13)7-10-2-1-3-12(7)11-5/h4-8,11-15H,3H2,1-2H3;1-3,5,11H,8H2,(H2,9,13). The lowest BCUT2D eigenvalue weighted by molar-refractivity contribution is -0.114. The first kappa shape index (κ1) is 25.5. The molecule has 0 spiro atoms. The van der Waals surface area contributed by atoms with Gasteiger partial charge in [0.15, 0.2) is 5.82 Å². The highest BCUT2D eigenvalue weighted by molar-refractivity contribution is 5.95. The molecule has 0 aliphatic carbocycles. The molecule has 0 bridgehead atoms. The molecule has 0 fully saturated rings. The quantitative estimate of drug-likeness (QED) is 0.346. The number of primary amides is 1. The lowest BCUT2D eigenvalue weighted by Crippen LogP contribution is -2.42. The van der Waals surface area contributed by atoms with E-state index in [1.807, 2.05) is 67.8 Å². The predicted octanol–water partition coefficient (Wildman–Crippen LogP) is 1.17. The van der Waals surface area contributed by atoms with Gasteiger partial charge in [-0.25, -0.2) is 15.2 Å². The summed E-state index contributed by atoms with van der Waals surface area (Å²) in [6.45, 7) is 2.05. The molecule has 1 amide bonds. The number of rotatable bonds is 3. The van der Waals surface area contributed by atoms with Crippen LogP contribution in [0.25, 0.3) is 11.2 Å². The molecule has 4 aromatic rings. The molecule has 3 aromatic heterocycles. The minimum atomic E-state index is -0.576. The van der Waals surface area contributed by atoms with Crippen molar-refractivity contribution in [2.75, 3.05) is 0 Å². The number of allylic oxidation sites excluding steroid dienone is 1. The third-order valence-electron chi connectivity index (χ3n) is 6.15. The lowest BCUT2D eigenvalue weighted by Gasteiger charge is -2.16. The minimum Gasteiger partial charge on any atom is -0.366 e. The van der Waals surface area contributed by atoms with Crippen molar-refractivity contribution < 1.29 is 4.79 Å². The summed E-state index contributed by atoms with van der Waals surface area (Å²) < 4.78 is 5.11. The Morgan fingerprint density at radius 3 is 2.62 bits per heavy atom. The number of para-hydroxylation sites is 1. The first-order valence-electron chi connectivity index (χ1n) is 12.3. The SMILES string of the molecule is CCc1cc2ccc(C#Cc3ccn(C)n3)n2c(=O)n1-c1ccccc1.NC(=O)C1=C2N=CC=CN2NC1N. The Balaban J connectivity index is 0.000000198. The number of benzene rings is 1. The minimum absolute atomic E-state index is 0.110. The summed E-state index contributed by atoms with van der Waals surface area (Å²) in [7, 11) is 1.85. The number of aryl methyl sites for hydroxylation is 2. The van der Waals surface area contributed by atoms with Gasteiger partial charge in [0.1, 0.15) is 17.6 Å². The Bertz CT molecular complexity index is 1760. The van der Waals surface area contributed by atoms with Crippen LogP contribution in [-0.2, 0) is 18.3 Å². The molecule has 11 heteroatoms. The van der Waals surface area contributed by atoms with Crippen LogP contribution in [0.3, 0.4) is 0 Å². The van der Waals surface area contributed by atoms with E-state index >= 15 is 0 Å². The van der Waals surface area contributed by atoms with Crippen LogP contribution in [0.4, 0.5) is 0 Å². The van der Waals surface area contributed by atoms with Crippen LogP contribution in [0.1, 0.15) is 24.0 Å². The zero-order chi connectivity index (χ0) is 27.5. The van der Waals surface area contributed by atoms with Gasteiger partial charge in [0, 0.05) is 31.4 Å². The van der Waals surface area contributed by atoms with E-state index < -0.39 is 12.1 Å². The van der Waals surface area contributed by atoms with Crippen molar-refractivity contribution in [2.45, 2.75) is 19.5 Å². The second-order valence-corrected chi connectivity index (χ2v) is 8.74. The Labute approximate surface area is 224 Å². The molecule has 2 aliphatic heterocycles. The molecule has 0 saturated heterocycles. The molecule has 0 radical (unpaired) electrons. The molecule has 1 unspecified atom stereocenters. The van der Waals surface area contributed by atoms with Crippen LogP contribution >= 0.6 is 0 Å². The molecule has 5 heterocycles. The van der Waals surface area contributed by atoms with Crippen LogP contribution in [0.5, 0.6) is 0 Å². The first-order chi connectivity index (χ1) is 18.9. The number of fused-ring (bicyclic) bond motifs is 2. The Hall–Kier alpha value is -5.18.